The molecule has 2 aromatic rings. The molecule has 2 aromatic heterocycles. The number of hydrogen-bond donors (Lipinski definition) is 2. The Labute approximate surface area is 130 Å². The third-order valence-corrected chi connectivity index (χ3v) is 3.84. The van der Waals surface area contributed by atoms with E-state index in [1.165, 1.54) is 0 Å². The van der Waals surface area contributed by atoms with Crippen molar-refractivity contribution >= 4 is 5.91 Å². The molecule has 1 unspecified atom stereocenters. The minimum absolute atomic E-state index is 0.258. The standard InChI is InChI=1S/C15H15F3N4O/c1-8-3-2-6-19-12(8)13(9-4-5-9)20-14(23)10-7-11(22-21-10)15(16,17)18/h2-3,6-7,9,13H,4-5H2,1H3,(H,20,23)(H,21,22). The molecular formula is C15H15F3N4O. The monoisotopic (exact) mass is 324 g/mol. The number of nitrogens with one attached hydrogen (secondary N) is 2. The third-order valence-electron chi connectivity index (χ3n) is 3.84. The first-order valence-electron chi connectivity index (χ1n) is 7.21. The van der Waals surface area contributed by atoms with Gasteiger partial charge in [0.2, 0.25) is 0 Å². The van der Waals surface area contributed by atoms with Crippen LogP contribution in [0.5, 0.6) is 0 Å². The zero-order valence-corrected chi connectivity index (χ0v) is 12.3. The number of aromatic amines is 1. The van der Waals surface area contributed by atoms with Crippen LogP contribution in [0.2, 0.25) is 0 Å². The molecule has 0 aromatic carbocycles. The molecule has 122 valence electrons. The van der Waals surface area contributed by atoms with Crippen LogP contribution in [0.3, 0.4) is 0 Å². The number of alkyl halides is 3. The fraction of sp³-hybridized carbons (Fsp3) is 0.400. The molecule has 0 spiro atoms. The van der Waals surface area contributed by atoms with Crippen molar-refractivity contribution in [3.8, 4) is 0 Å². The van der Waals surface area contributed by atoms with Crippen molar-refractivity contribution in [1.82, 2.24) is 20.5 Å². The Morgan fingerprint density at radius 3 is 2.74 bits per heavy atom. The van der Waals surface area contributed by atoms with Crippen molar-refractivity contribution in [2.45, 2.75) is 32.0 Å². The van der Waals surface area contributed by atoms with Gasteiger partial charge in [-0.1, -0.05) is 6.07 Å². The van der Waals surface area contributed by atoms with E-state index in [0.29, 0.717) is 6.07 Å². The van der Waals surface area contributed by atoms with Gasteiger partial charge in [-0.25, -0.2) is 0 Å². The summed E-state index contributed by atoms with van der Waals surface area (Å²) in [5.74, 6) is -0.382. The maximum atomic E-state index is 12.6. The van der Waals surface area contributed by atoms with Crippen molar-refractivity contribution in [3.63, 3.8) is 0 Å². The summed E-state index contributed by atoms with van der Waals surface area (Å²) in [5, 5.41) is 8.06. The number of nitrogens with zero attached hydrogens (tertiary/aromatic N) is 2. The van der Waals surface area contributed by atoms with Crippen LogP contribution < -0.4 is 5.32 Å². The summed E-state index contributed by atoms with van der Waals surface area (Å²) in [6.45, 7) is 1.89. The average Bonchev–Trinajstić information content (AvgIpc) is 3.19. The summed E-state index contributed by atoms with van der Waals surface area (Å²) < 4.78 is 37.7. The van der Waals surface area contributed by atoms with Crippen LogP contribution in [0.25, 0.3) is 0 Å². The third kappa shape index (κ3) is 3.35. The number of amides is 1. The van der Waals surface area contributed by atoms with Gasteiger partial charge < -0.3 is 5.32 Å². The summed E-state index contributed by atoms with van der Waals surface area (Å²) in [6.07, 6.45) is -1.01. The van der Waals surface area contributed by atoms with Crippen molar-refractivity contribution in [2.75, 3.05) is 0 Å². The molecule has 1 atom stereocenters. The van der Waals surface area contributed by atoms with Crippen molar-refractivity contribution in [2.24, 2.45) is 5.92 Å². The van der Waals surface area contributed by atoms with Gasteiger partial charge in [0.15, 0.2) is 5.69 Å². The molecule has 0 radical (unpaired) electrons. The molecule has 0 saturated heterocycles. The number of halogens is 3. The highest BCUT2D eigenvalue weighted by Crippen LogP contribution is 2.41. The first-order valence-corrected chi connectivity index (χ1v) is 7.21. The SMILES string of the molecule is Cc1cccnc1C(NC(=O)c1cc(C(F)(F)F)[nH]n1)C1CC1. The van der Waals surface area contributed by atoms with Gasteiger partial charge in [-0.3, -0.25) is 14.9 Å². The minimum atomic E-state index is -4.56. The molecular weight excluding hydrogens is 309 g/mol. The van der Waals surface area contributed by atoms with Gasteiger partial charge >= 0.3 is 6.18 Å². The number of carbonyl (C=O) groups excluding carboxylic acids is 1. The van der Waals surface area contributed by atoms with Gasteiger partial charge in [0.1, 0.15) is 5.69 Å². The van der Waals surface area contributed by atoms with Crippen LogP contribution >= 0.6 is 0 Å². The molecule has 3 rings (SSSR count). The summed E-state index contributed by atoms with van der Waals surface area (Å²) in [7, 11) is 0. The number of aryl methyl sites for hydroxylation is 1. The highest BCUT2D eigenvalue weighted by molar-refractivity contribution is 5.92. The average molecular weight is 324 g/mol. The normalized spacial score (nSPS) is 16.2. The van der Waals surface area contributed by atoms with E-state index in [9.17, 15) is 18.0 Å². The van der Waals surface area contributed by atoms with E-state index >= 15 is 0 Å². The zero-order valence-electron chi connectivity index (χ0n) is 12.3. The lowest BCUT2D eigenvalue weighted by molar-refractivity contribution is -0.141. The number of pyridine rings is 1. The van der Waals surface area contributed by atoms with Gasteiger partial charge in [-0.05, 0) is 37.3 Å². The van der Waals surface area contributed by atoms with Crippen LogP contribution in [0.15, 0.2) is 24.4 Å². The maximum Gasteiger partial charge on any atom is 0.432 e. The lowest BCUT2D eigenvalue weighted by atomic mass is 10.0. The number of H-pyrrole nitrogens is 1. The summed E-state index contributed by atoms with van der Waals surface area (Å²) in [4.78, 5) is 16.5. The molecule has 1 saturated carbocycles. The van der Waals surface area contributed by atoms with E-state index < -0.39 is 17.8 Å². The van der Waals surface area contributed by atoms with Crippen molar-refractivity contribution in [1.29, 1.82) is 0 Å². The van der Waals surface area contributed by atoms with E-state index in [-0.39, 0.29) is 17.7 Å². The summed E-state index contributed by atoms with van der Waals surface area (Å²) >= 11 is 0. The van der Waals surface area contributed by atoms with Crippen LogP contribution in [-0.2, 0) is 6.18 Å². The first kappa shape index (κ1) is 15.5. The predicted molar refractivity (Wildman–Crippen MR) is 75.5 cm³/mol. The molecule has 2 N–H and O–H groups in total. The van der Waals surface area contributed by atoms with Crippen LogP contribution in [0, 0.1) is 12.8 Å². The number of rotatable bonds is 4. The Morgan fingerprint density at radius 2 is 2.17 bits per heavy atom. The van der Waals surface area contributed by atoms with Gasteiger partial charge in [0, 0.05) is 12.3 Å². The first-order chi connectivity index (χ1) is 10.9. The molecule has 1 fully saturated rings. The minimum Gasteiger partial charge on any atom is -0.342 e. The number of hydrogen-bond acceptors (Lipinski definition) is 3. The fourth-order valence-electron chi connectivity index (χ4n) is 2.46. The molecule has 1 aliphatic rings. The Kier molecular flexibility index (Phi) is 3.83. The molecule has 0 bridgehead atoms. The van der Waals surface area contributed by atoms with Gasteiger partial charge in [0.25, 0.3) is 5.91 Å². The van der Waals surface area contributed by atoms with Crippen molar-refractivity contribution < 1.29 is 18.0 Å². The highest BCUT2D eigenvalue weighted by Gasteiger charge is 2.37. The topological polar surface area (TPSA) is 70.7 Å². The number of aromatic nitrogens is 3. The van der Waals surface area contributed by atoms with Crippen LogP contribution in [-0.4, -0.2) is 21.1 Å². The lowest BCUT2D eigenvalue weighted by Gasteiger charge is -2.18. The fourth-order valence-corrected chi connectivity index (χ4v) is 2.46. The Morgan fingerprint density at radius 1 is 1.43 bits per heavy atom. The molecule has 8 heteroatoms. The smallest absolute Gasteiger partial charge is 0.342 e. The van der Waals surface area contributed by atoms with E-state index in [4.69, 9.17) is 0 Å². The van der Waals surface area contributed by atoms with E-state index in [1.807, 2.05) is 18.1 Å². The highest BCUT2D eigenvalue weighted by atomic mass is 19.4. The maximum absolute atomic E-state index is 12.6. The molecule has 0 aliphatic heterocycles. The Hall–Kier alpha value is -2.38. The van der Waals surface area contributed by atoms with E-state index in [2.05, 4.69) is 15.4 Å². The molecule has 2 heterocycles. The molecule has 1 aliphatic carbocycles. The second-order valence-electron chi connectivity index (χ2n) is 5.66. The van der Waals surface area contributed by atoms with Gasteiger partial charge in [-0.15, -0.1) is 0 Å². The Balaban J connectivity index is 1.80. The molecule has 5 nitrogen and oxygen atoms in total. The Bertz CT molecular complexity index is 722. The van der Waals surface area contributed by atoms with E-state index in [1.54, 1.807) is 12.3 Å². The number of carbonyl (C=O) groups is 1. The second-order valence-corrected chi connectivity index (χ2v) is 5.66. The second kappa shape index (κ2) is 5.68. The zero-order chi connectivity index (χ0) is 16.6. The van der Waals surface area contributed by atoms with Crippen LogP contribution in [0.1, 0.15) is 46.3 Å². The largest absolute Gasteiger partial charge is 0.432 e. The van der Waals surface area contributed by atoms with Crippen molar-refractivity contribution in [3.05, 3.63) is 47.0 Å². The van der Waals surface area contributed by atoms with Gasteiger partial charge in [-0.2, -0.15) is 18.3 Å². The van der Waals surface area contributed by atoms with E-state index in [0.717, 1.165) is 24.1 Å². The quantitative estimate of drug-likeness (QED) is 0.908. The predicted octanol–water partition coefficient (Wildman–Crippen LogP) is 3.01. The lowest BCUT2D eigenvalue weighted by Crippen LogP contribution is -2.31. The summed E-state index contributed by atoms with van der Waals surface area (Å²) in [5.41, 5.74) is 0.355. The van der Waals surface area contributed by atoms with Crippen LogP contribution in [0.4, 0.5) is 13.2 Å². The molecule has 1 amide bonds. The summed E-state index contributed by atoms with van der Waals surface area (Å²) in [6, 6.07) is 4.09. The van der Waals surface area contributed by atoms with Gasteiger partial charge in [0.05, 0.1) is 11.7 Å². The molecule has 23 heavy (non-hydrogen) atoms.